The molecule has 0 saturated heterocycles. The van der Waals surface area contributed by atoms with Gasteiger partial charge in [0.2, 0.25) is 0 Å². The third-order valence-corrected chi connectivity index (χ3v) is 2.89. The van der Waals surface area contributed by atoms with Crippen LogP contribution in [-0.2, 0) is 4.74 Å². The molecule has 0 fully saturated rings. The molecule has 0 spiro atoms. The molecule has 0 unspecified atom stereocenters. The van der Waals surface area contributed by atoms with E-state index in [2.05, 4.69) is 15.6 Å². The minimum absolute atomic E-state index is 0.548. The van der Waals surface area contributed by atoms with E-state index in [0.717, 1.165) is 43.6 Å². The van der Waals surface area contributed by atoms with Gasteiger partial charge in [0.25, 0.3) is 0 Å². The molecule has 0 aliphatic carbocycles. The Labute approximate surface area is 132 Å². The Morgan fingerprint density at radius 2 is 1.91 bits per heavy atom. The molecule has 0 aliphatic heterocycles. The van der Waals surface area contributed by atoms with Crippen LogP contribution in [0.15, 0.2) is 29.3 Å². The van der Waals surface area contributed by atoms with E-state index in [1.807, 2.05) is 31.2 Å². The number of methoxy groups -OCH3 is 1. The highest BCUT2D eigenvalue weighted by Gasteiger charge is 1.99. The fourth-order valence-electron chi connectivity index (χ4n) is 1.78. The molecule has 0 aliphatic rings. The molecule has 0 saturated carbocycles. The summed E-state index contributed by atoms with van der Waals surface area (Å²) < 4.78 is 16.1. The molecule has 22 heavy (non-hydrogen) atoms. The normalized spacial score (nSPS) is 11.1. The van der Waals surface area contributed by atoms with Crippen LogP contribution >= 0.6 is 0 Å². The Morgan fingerprint density at radius 3 is 2.64 bits per heavy atom. The van der Waals surface area contributed by atoms with Crippen molar-refractivity contribution in [1.29, 1.82) is 0 Å². The molecule has 0 bridgehead atoms. The van der Waals surface area contributed by atoms with Crippen molar-refractivity contribution in [2.24, 2.45) is 4.99 Å². The predicted molar refractivity (Wildman–Crippen MR) is 89.0 cm³/mol. The van der Waals surface area contributed by atoms with E-state index in [4.69, 9.17) is 14.2 Å². The summed E-state index contributed by atoms with van der Waals surface area (Å²) in [6.45, 7) is 5.57. The molecule has 1 rings (SSSR count). The van der Waals surface area contributed by atoms with Crippen LogP contribution in [0.3, 0.4) is 0 Å². The number of guanidine groups is 1. The largest absolute Gasteiger partial charge is 0.497 e. The van der Waals surface area contributed by atoms with E-state index in [1.54, 1.807) is 14.2 Å². The fraction of sp³-hybridized carbons (Fsp3) is 0.562. The summed E-state index contributed by atoms with van der Waals surface area (Å²) in [6.07, 6.45) is 0.953. The monoisotopic (exact) mass is 309 g/mol. The standard InChI is InChI=1S/C16H27N3O3/c1-4-21-11-6-9-18-16(17-2)19-10-12-22-15-8-5-7-14(13-15)20-3/h5,7-8,13H,4,6,9-12H2,1-3H3,(H2,17,18,19). The van der Waals surface area contributed by atoms with Gasteiger partial charge in [-0.3, -0.25) is 4.99 Å². The van der Waals surface area contributed by atoms with Gasteiger partial charge in [-0.1, -0.05) is 6.07 Å². The quantitative estimate of drug-likeness (QED) is 0.391. The lowest BCUT2D eigenvalue weighted by Crippen LogP contribution is -2.39. The summed E-state index contributed by atoms with van der Waals surface area (Å²) in [4.78, 5) is 4.16. The van der Waals surface area contributed by atoms with Crippen LogP contribution in [0.1, 0.15) is 13.3 Å². The average Bonchev–Trinajstić information content (AvgIpc) is 2.56. The maximum atomic E-state index is 5.66. The van der Waals surface area contributed by atoms with Gasteiger partial charge < -0.3 is 24.8 Å². The van der Waals surface area contributed by atoms with Crippen LogP contribution in [0.2, 0.25) is 0 Å². The van der Waals surface area contributed by atoms with Crippen molar-refractivity contribution >= 4 is 5.96 Å². The molecule has 1 aromatic rings. The molecule has 1 aromatic carbocycles. The first-order chi connectivity index (χ1) is 10.8. The van der Waals surface area contributed by atoms with Gasteiger partial charge in [-0.25, -0.2) is 0 Å². The van der Waals surface area contributed by atoms with Gasteiger partial charge in [-0.2, -0.15) is 0 Å². The summed E-state index contributed by atoms with van der Waals surface area (Å²) in [6, 6.07) is 7.56. The van der Waals surface area contributed by atoms with Gasteiger partial charge in [0, 0.05) is 32.9 Å². The van der Waals surface area contributed by atoms with Crippen molar-refractivity contribution in [3.63, 3.8) is 0 Å². The van der Waals surface area contributed by atoms with Crippen LogP contribution in [0.25, 0.3) is 0 Å². The molecule has 0 aromatic heterocycles. The zero-order chi connectivity index (χ0) is 16.0. The number of aliphatic imine (C=N–C) groups is 1. The van der Waals surface area contributed by atoms with Gasteiger partial charge >= 0.3 is 0 Å². The molecule has 6 nitrogen and oxygen atoms in total. The van der Waals surface area contributed by atoms with E-state index in [1.165, 1.54) is 0 Å². The summed E-state index contributed by atoms with van der Waals surface area (Å²) in [5.41, 5.74) is 0. The zero-order valence-electron chi connectivity index (χ0n) is 13.7. The Balaban J connectivity index is 2.16. The first-order valence-electron chi connectivity index (χ1n) is 7.59. The smallest absolute Gasteiger partial charge is 0.191 e. The van der Waals surface area contributed by atoms with Crippen molar-refractivity contribution in [3.8, 4) is 11.5 Å². The molecule has 6 heteroatoms. The predicted octanol–water partition coefficient (Wildman–Crippen LogP) is 1.67. The number of hydrogen-bond donors (Lipinski definition) is 2. The number of benzene rings is 1. The van der Waals surface area contributed by atoms with Gasteiger partial charge in [0.1, 0.15) is 18.1 Å². The highest BCUT2D eigenvalue weighted by molar-refractivity contribution is 5.79. The second-order valence-electron chi connectivity index (χ2n) is 4.50. The Hall–Kier alpha value is -1.95. The van der Waals surface area contributed by atoms with Gasteiger partial charge in [-0.15, -0.1) is 0 Å². The van der Waals surface area contributed by atoms with Crippen molar-refractivity contribution < 1.29 is 14.2 Å². The minimum Gasteiger partial charge on any atom is -0.497 e. The van der Waals surface area contributed by atoms with E-state index >= 15 is 0 Å². The number of nitrogens with zero attached hydrogens (tertiary/aromatic N) is 1. The number of nitrogens with one attached hydrogen (secondary N) is 2. The topological polar surface area (TPSA) is 64.1 Å². The Bertz CT molecular complexity index is 438. The highest BCUT2D eigenvalue weighted by Crippen LogP contribution is 2.18. The number of hydrogen-bond acceptors (Lipinski definition) is 4. The zero-order valence-corrected chi connectivity index (χ0v) is 13.7. The van der Waals surface area contributed by atoms with Crippen molar-refractivity contribution in [2.45, 2.75) is 13.3 Å². The lowest BCUT2D eigenvalue weighted by Gasteiger charge is -2.12. The van der Waals surface area contributed by atoms with Gasteiger partial charge in [0.15, 0.2) is 5.96 Å². The van der Waals surface area contributed by atoms with Crippen LogP contribution in [0.5, 0.6) is 11.5 Å². The summed E-state index contributed by atoms with van der Waals surface area (Å²) >= 11 is 0. The maximum Gasteiger partial charge on any atom is 0.191 e. The second kappa shape index (κ2) is 11.7. The van der Waals surface area contributed by atoms with Crippen molar-refractivity contribution in [3.05, 3.63) is 24.3 Å². The number of ether oxygens (including phenoxy) is 3. The molecule has 0 radical (unpaired) electrons. The summed E-state index contributed by atoms with van der Waals surface area (Å²) in [5.74, 6) is 2.35. The first kappa shape index (κ1) is 18.1. The Kier molecular flexibility index (Phi) is 9.61. The molecule has 0 heterocycles. The van der Waals surface area contributed by atoms with E-state index in [-0.39, 0.29) is 0 Å². The summed E-state index contributed by atoms with van der Waals surface area (Å²) in [5, 5.41) is 6.43. The minimum atomic E-state index is 0.548. The molecule has 124 valence electrons. The van der Waals surface area contributed by atoms with E-state index in [9.17, 15) is 0 Å². The SMILES string of the molecule is CCOCCCNC(=NC)NCCOc1cccc(OC)c1. The average molecular weight is 309 g/mol. The molecule has 0 amide bonds. The second-order valence-corrected chi connectivity index (χ2v) is 4.50. The van der Waals surface area contributed by atoms with E-state index < -0.39 is 0 Å². The highest BCUT2D eigenvalue weighted by atomic mass is 16.5. The van der Waals surface area contributed by atoms with Crippen LogP contribution < -0.4 is 20.1 Å². The maximum absolute atomic E-state index is 5.66. The molecule has 0 atom stereocenters. The van der Waals surface area contributed by atoms with Crippen molar-refractivity contribution in [2.75, 3.05) is 47.1 Å². The molecular weight excluding hydrogens is 282 g/mol. The van der Waals surface area contributed by atoms with Crippen LogP contribution in [0, 0.1) is 0 Å². The molecular formula is C16H27N3O3. The number of rotatable bonds is 10. The fourth-order valence-corrected chi connectivity index (χ4v) is 1.78. The van der Waals surface area contributed by atoms with Crippen LogP contribution in [0.4, 0.5) is 0 Å². The molecule has 2 N–H and O–H groups in total. The first-order valence-corrected chi connectivity index (χ1v) is 7.59. The lowest BCUT2D eigenvalue weighted by molar-refractivity contribution is 0.145. The third kappa shape index (κ3) is 7.73. The Morgan fingerprint density at radius 1 is 1.14 bits per heavy atom. The van der Waals surface area contributed by atoms with Gasteiger partial charge in [0.05, 0.1) is 13.7 Å². The third-order valence-electron chi connectivity index (χ3n) is 2.89. The van der Waals surface area contributed by atoms with Crippen molar-refractivity contribution in [1.82, 2.24) is 10.6 Å². The van der Waals surface area contributed by atoms with Crippen LogP contribution in [-0.4, -0.2) is 53.0 Å². The van der Waals surface area contributed by atoms with Gasteiger partial charge in [-0.05, 0) is 25.5 Å². The van der Waals surface area contributed by atoms with E-state index in [0.29, 0.717) is 13.2 Å². The summed E-state index contributed by atoms with van der Waals surface area (Å²) in [7, 11) is 3.39. The lowest BCUT2D eigenvalue weighted by atomic mass is 10.3.